The Balaban J connectivity index is 2.41. The van der Waals surface area contributed by atoms with E-state index >= 15 is 0 Å². The highest BCUT2D eigenvalue weighted by Crippen LogP contribution is 2.26. The Labute approximate surface area is 114 Å². The third kappa shape index (κ3) is 3.37. The van der Waals surface area contributed by atoms with E-state index < -0.39 is 0 Å². The Bertz CT molecular complexity index is 576. The van der Waals surface area contributed by atoms with Gasteiger partial charge in [0.2, 0.25) is 0 Å². The van der Waals surface area contributed by atoms with Gasteiger partial charge in [-0.1, -0.05) is 13.8 Å². The van der Waals surface area contributed by atoms with Gasteiger partial charge in [-0.3, -0.25) is 4.98 Å². The molecule has 0 bridgehead atoms. The zero-order valence-electron chi connectivity index (χ0n) is 12.1. The van der Waals surface area contributed by atoms with E-state index in [-0.39, 0.29) is 6.10 Å². The molecule has 3 nitrogen and oxygen atoms in total. The summed E-state index contributed by atoms with van der Waals surface area (Å²) >= 11 is 0. The van der Waals surface area contributed by atoms with Gasteiger partial charge in [0, 0.05) is 16.8 Å². The monoisotopic (exact) mass is 258 g/mol. The molecule has 0 radical (unpaired) electrons. The second-order valence-corrected chi connectivity index (χ2v) is 5.65. The number of pyridine rings is 1. The number of nitrogens with two attached hydrogens (primary N) is 1. The maximum Gasteiger partial charge on any atom is 0.120 e. The first kappa shape index (κ1) is 13.7. The molecule has 0 aliphatic carbocycles. The molecule has 19 heavy (non-hydrogen) atoms. The second kappa shape index (κ2) is 5.47. The van der Waals surface area contributed by atoms with Crippen molar-refractivity contribution in [2.45, 2.75) is 40.2 Å². The molecule has 0 unspecified atom stereocenters. The van der Waals surface area contributed by atoms with Crippen molar-refractivity contribution in [1.82, 2.24) is 4.98 Å². The van der Waals surface area contributed by atoms with Crippen LogP contribution in [0.5, 0.6) is 5.75 Å². The quantitative estimate of drug-likeness (QED) is 0.907. The van der Waals surface area contributed by atoms with Crippen LogP contribution >= 0.6 is 0 Å². The number of fused-ring (bicyclic) bond motifs is 1. The van der Waals surface area contributed by atoms with Gasteiger partial charge in [0.15, 0.2) is 0 Å². The molecule has 1 aromatic carbocycles. The molecule has 0 aliphatic rings. The van der Waals surface area contributed by atoms with Crippen LogP contribution < -0.4 is 10.5 Å². The van der Waals surface area contributed by atoms with E-state index in [0.29, 0.717) is 5.92 Å². The Morgan fingerprint density at radius 3 is 2.53 bits per heavy atom. The molecule has 102 valence electrons. The molecule has 1 heterocycles. The molecular formula is C16H22N2O. The van der Waals surface area contributed by atoms with E-state index in [2.05, 4.69) is 18.8 Å². The fraction of sp³-hybridized carbons (Fsp3) is 0.438. The standard InChI is InChI=1S/C16H22N2O/c1-10(2)7-12-8-15(17)14-9-13(19-11(3)4)5-6-16(14)18-12/h5-6,8-11H,7H2,1-4H3,(H2,17,18). The first-order valence-corrected chi connectivity index (χ1v) is 6.81. The molecule has 0 fully saturated rings. The number of hydrogen-bond donors (Lipinski definition) is 1. The van der Waals surface area contributed by atoms with Gasteiger partial charge in [0.05, 0.1) is 11.6 Å². The van der Waals surface area contributed by atoms with Crippen molar-refractivity contribution in [2.75, 3.05) is 5.73 Å². The average molecular weight is 258 g/mol. The minimum absolute atomic E-state index is 0.159. The lowest BCUT2D eigenvalue weighted by molar-refractivity contribution is 0.243. The Morgan fingerprint density at radius 2 is 1.89 bits per heavy atom. The van der Waals surface area contributed by atoms with Gasteiger partial charge in [-0.15, -0.1) is 0 Å². The van der Waals surface area contributed by atoms with Crippen LogP contribution in [0.2, 0.25) is 0 Å². The maximum absolute atomic E-state index is 6.14. The van der Waals surface area contributed by atoms with Crippen molar-refractivity contribution in [3.8, 4) is 5.75 Å². The summed E-state index contributed by atoms with van der Waals surface area (Å²) in [6, 6.07) is 7.87. The first-order valence-electron chi connectivity index (χ1n) is 6.81. The van der Waals surface area contributed by atoms with Crippen molar-refractivity contribution in [1.29, 1.82) is 0 Å². The molecule has 0 spiro atoms. The van der Waals surface area contributed by atoms with Crippen molar-refractivity contribution in [3.63, 3.8) is 0 Å². The molecule has 2 aromatic rings. The lowest BCUT2D eigenvalue weighted by Crippen LogP contribution is -2.06. The maximum atomic E-state index is 6.14. The molecule has 0 amide bonds. The van der Waals surface area contributed by atoms with Crippen molar-refractivity contribution in [3.05, 3.63) is 30.0 Å². The Hall–Kier alpha value is -1.77. The zero-order chi connectivity index (χ0) is 14.0. The largest absolute Gasteiger partial charge is 0.491 e. The predicted molar refractivity (Wildman–Crippen MR) is 80.5 cm³/mol. The lowest BCUT2D eigenvalue weighted by atomic mass is 10.1. The smallest absolute Gasteiger partial charge is 0.120 e. The lowest BCUT2D eigenvalue weighted by Gasteiger charge is -2.12. The van der Waals surface area contributed by atoms with Gasteiger partial charge < -0.3 is 10.5 Å². The van der Waals surface area contributed by atoms with Gasteiger partial charge >= 0.3 is 0 Å². The Morgan fingerprint density at radius 1 is 1.16 bits per heavy atom. The molecule has 3 heteroatoms. The van der Waals surface area contributed by atoms with Crippen LogP contribution in [-0.4, -0.2) is 11.1 Å². The van der Waals surface area contributed by atoms with Gasteiger partial charge in [-0.25, -0.2) is 0 Å². The molecule has 2 rings (SSSR count). The fourth-order valence-electron chi connectivity index (χ4n) is 2.16. The van der Waals surface area contributed by atoms with Crippen LogP contribution in [0.4, 0.5) is 5.69 Å². The fourth-order valence-corrected chi connectivity index (χ4v) is 2.16. The summed E-state index contributed by atoms with van der Waals surface area (Å²) in [6.45, 7) is 8.39. The molecule has 0 saturated heterocycles. The highest BCUT2D eigenvalue weighted by atomic mass is 16.5. The van der Waals surface area contributed by atoms with Crippen LogP contribution in [0, 0.1) is 5.92 Å². The number of anilines is 1. The summed E-state index contributed by atoms with van der Waals surface area (Å²) < 4.78 is 5.69. The molecule has 0 aliphatic heterocycles. The number of aromatic nitrogens is 1. The number of ether oxygens (including phenoxy) is 1. The number of benzene rings is 1. The minimum atomic E-state index is 0.159. The van der Waals surface area contributed by atoms with Crippen molar-refractivity contribution < 1.29 is 4.74 Å². The molecule has 0 atom stereocenters. The van der Waals surface area contributed by atoms with Crippen LogP contribution in [0.3, 0.4) is 0 Å². The number of nitrogens with zero attached hydrogens (tertiary/aromatic N) is 1. The molecule has 2 N–H and O–H groups in total. The van der Waals surface area contributed by atoms with E-state index in [9.17, 15) is 0 Å². The summed E-state index contributed by atoms with van der Waals surface area (Å²) in [7, 11) is 0. The predicted octanol–water partition coefficient (Wildman–Crippen LogP) is 3.80. The SMILES string of the molecule is CC(C)Cc1cc(N)c2cc(OC(C)C)ccc2n1. The normalized spacial score (nSPS) is 11.5. The third-order valence-electron chi connectivity index (χ3n) is 2.85. The Kier molecular flexibility index (Phi) is 3.93. The summed E-state index contributed by atoms with van der Waals surface area (Å²) in [5.74, 6) is 1.42. The number of nitrogen functional groups attached to an aromatic ring is 1. The average Bonchev–Trinajstić information content (AvgIpc) is 2.28. The van der Waals surface area contributed by atoms with Crippen LogP contribution in [0.15, 0.2) is 24.3 Å². The van der Waals surface area contributed by atoms with Crippen LogP contribution in [0.25, 0.3) is 10.9 Å². The minimum Gasteiger partial charge on any atom is -0.491 e. The molecular weight excluding hydrogens is 236 g/mol. The van der Waals surface area contributed by atoms with Gasteiger partial charge in [0.1, 0.15) is 5.75 Å². The number of hydrogen-bond acceptors (Lipinski definition) is 3. The first-order chi connectivity index (χ1) is 8.95. The molecule has 1 aromatic heterocycles. The highest BCUT2D eigenvalue weighted by Gasteiger charge is 2.07. The topological polar surface area (TPSA) is 48.1 Å². The molecule has 0 saturated carbocycles. The van der Waals surface area contributed by atoms with E-state index in [1.54, 1.807) is 0 Å². The summed E-state index contributed by atoms with van der Waals surface area (Å²) in [5, 5.41) is 0.964. The van der Waals surface area contributed by atoms with E-state index in [4.69, 9.17) is 10.5 Å². The van der Waals surface area contributed by atoms with Gasteiger partial charge in [-0.2, -0.15) is 0 Å². The third-order valence-corrected chi connectivity index (χ3v) is 2.85. The second-order valence-electron chi connectivity index (χ2n) is 5.65. The van der Waals surface area contributed by atoms with Gasteiger partial charge in [0.25, 0.3) is 0 Å². The van der Waals surface area contributed by atoms with Crippen LogP contribution in [-0.2, 0) is 6.42 Å². The summed E-state index contributed by atoms with van der Waals surface area (Å²) in [5.41, 5.74) is 8.90. The van der Waals surface area contributed by atoms with Crippen LogP contribution in [0.1, 0.15) is 33.4 Å². The van der Waals surface area contributed by atoms with Crippen molar-refractivity contribution in [2.24, 2.45) is 5.92 Å². The summed E-state index contributed by atoms with van der Waals surface area (Å²) in [6.07, 6.45) is 1.11. The van der Waals surface area contributed by atoms with Crippen molar-refractivity contribution >= 4 is 16.6 Å². The zero-order valence-corrected chi connectivity index (χ0v) is 12.1. The number of rotatable bonds is 4. The highest BCUT2D eigenvalue weighted by molar-refractivity contribution is 5.91. The van der Waals surface area contributed by atoms with Gasteiger partial charge in [-0.05, 0) is 50.5 Å². The van der Waals surface area contributed by atoms with E-state index in [1.165, 1.54) is 0 Å². The summed E-state index contributed by atoms with van der Waals surface area (Å²) in [4.78, 5) is 4.66. The van der Waals surface area contributed by atoms with E-state index in [1.807, 2.05) is 38.1 Å². The van der Waals surface area contributed by atoms with E-state index in [0.717, 1.165) is 34.5 Å².